The molecule has 1 saturated heterocycles. The average molecular weight is 455 g/mol. The first kappa shape index (κ1) is 21.3. The van der Waals surface area contributed by atoms with Crippen molar-refractivity contribution >= 4 is 40.0 Å². The Balaban J connectivity index is 1.72. The number of nitrogens with zero attached hydrogens (tertiary/aromatic N) is 5. The van der Waals surface area contributed by atoms with E-state index in [0.29, 0.717) is 43.9 Å². The molecule has 8 nitrogen and oxygen atoms in total. The summed E-state index contributed by atoms with van der Waals surface area (Å²) in [6.45, 7) is 0.534. The molecule has 1 amide bonds. The Kier molecular flexibility index (Phi) is 5.96. The van der Waals surface area contributed by atoms with Gasteiger partial charge in [-0.15, -0.1) is 0 Å². The molecule has 0 radical (unpaired) electrons. The smallest absolute Gasteiger partial charge is 0.380 e. The van der Waals surface area contributed by atoms with E-state index in [1.165, 1.54) is 12.3 Å². The number of aromatic nitrogens is 4. The number of alkyl halides is 3. The molecule has 4 heterocycles. The summed E-state index contributed by atoms with van der Waals surface area (Å²) in [7, 11) is 0. The second kappa shape index (κ2) is 8.67. The molecule has 4 rings (SSSR count). The first-order valence-electron chi connectivity index (χ1n) is 9.50. The average Bonchev–Trinajstić information content (AvgIpc) is 2.89. The Labute approximate surface area is 180 Å². The maximum atomic E-state index is 13.1. The number of pyridine rings is 2. The molecule has 0 saturated carbocycles. The van der Waals surface area contributed by atoms with Crippen LogP contribution in [0.3, 0.4) is 0 Å². The Hall–Kier alpha value is -2.92. The first-order chi connectivity index (χ1) is 14.8. The lowest BCUT2D eigenvalue weighted by Gasteiger charge is -2.19. The van der Waals surface area contributed by atoms with Crippen molar-refractivity contribution in [2.75, 3.05) is 31.6 Å². The van der Waals surface area contributed by atoms with Gasteiger partial charge in [0.05, 0.1) is 17.5 Å². The van der Waals surface area contributed by atoms with Crippen LogP contribution in [0.1, 0.15) is 16.9 Å². The van der Waals surface area contributed by atoms with Gasteiger partial charge in [0.1, 0.15) is 23.2 Å². The van der Waals surface area contributed by atoms with Gasteiger partial charge in [0.25, 0.3) is 5.91 Å². The molecular weight excluding hydrogens is 437 g/mol. The number of carbonyl (C=O) groups is 1. The largest absolute Gasteiger partial charge is 0.408 e. The molecular formula is C19H18ClF3N6O2. The van der Waals surface area contributed by atoms with Gasteiger partial charge in [-0.05, 0) is 24.6 Å². The fourth-order valence-electron chi connectivity index (χ4n) is 3.28. The molecule has 3 aromatic heterocycles. The number of hydrogen-bond acceptors (Lipinski definition) is 6. The lowest BCUT2D eigenvalue weighted by atomic mass is 10.2. The third-order valence-electron chi connectivity index (χ3n) is 4.66. The van der Waals surface area contributed by atoms with E-state index in [2.05, 4.69) is 20.4 Å². The number of anilines is 2. The van der Waals surface area contributed by atoms with E-state index in [0.717, 1.165) is 4.68 Å². The molecule has 1 fully saturated rings. The van der Waals surface area contributed by atoms with E-state index in [9.17, 15) is 18.0 Å². The summed E-state index contributed by atoms with van der Waals surface area (Å²) in [4.78, 5) is 22.7. The van der Waals surface area contributed by atoms with Crippen LogP contribution in [0.5, 0.6) is 0 Å². The summed E-state index contributed by atoms with van der Waals surface area (Å²) in [5, 5.41) is 7.45. The van der Waals surface area contributed by atoms with Gasteiger partial charge in [0.2, 0.25) is 0 Å². The summed E-state index contributed by atoms with van der Waals surface area (Å²) in [5.74, 6) is 0.0812. The number of carbonyl (C=O) groups excluding carboxylic acids is 1. The van der Waals surface area contributed by atoms with Gasteiger partial charge >= 0.3 is 6.18 Å². The molecule has 0 spiro atoms. The Morgan fingerprint density at radius 2 is 2.10 bits per heavy atom. The molecule has 0 bridgehead atoms. The lowest BCUT2D eigenvalue weighted by molar-refractivity contribution is -0.141. The highest BCUT2D eigenvalue weighted by molar-refractivity contribution is 6.29. The molecule has 0 atom stereocenters. The van der Waals surface area contributed by atoms with Crippen LogP contribution in [0, 0.1) is 0 Å². The SMILES string of the molecule is O=C(c1cc2c(cn1)c(Nc1cccc(Cl)n1)nn2CC(F)(F)F)N1CCCOCC1. The van der Waals surface area contributed by atoms with Crippen LogP contribution in [0.25, 0.3) is 10.9 Å². The lowest BCUT2D eigenvalue weighted by Crippen LogP contribution is -2.33. The maximum Gasteiger partial charge on any atom is 0.408 e. The monoisotopic (exact) mass is 454 g/mol. The number of amides is 1. The summed E-state index contributed by atoms with van der Waals surface area (Å²) in [5.41, 5.74) is 0.177. The van der Waals surface area contributed by atoms with Crippen molar-refractivity contribution in [3.05, 3.63) is 41.3 Å². The van der Waals surface area contributed by atoms with Crippen LogP contribution < -0.4 is 5.32 Å². The van der Waals surface area contributed by atoms with E-state index in [-0.39, 0.29) is 28.1 Å². The van der Waals surface area contributed by atoms with Crippen molar-refractivity contribution in [1.29, 1.82) is 0 Å². The predicted molar refractivity (Wildman–Crippen MR) is 107 cm³/mol. The molecule has 1 aliphatic heterocycles. The van der Waals surface area contributed by atoms with Crippen LogP contribution in [-0.4, -0.2) is 63.0 Å². The van der Waals surface area contributed by atoms with Crippen LogP contribution in [0.15, 0.2) is 30.5 Å². The third kappa shape index (κ3) is 5.05. The third-order valence-corrected chi connectivity index (χ3v) is 4.87. The summed E-state index contributed by atoms with van der Waals surface area (Å²) < 4.78 is 45.6. The Morgan fingerprint density at radius 1 is 1.26 bits per heavy atom. The highest BCUT2D eigenvalue weighted by atomic mass is 35.5. The summed E-state index contributed by atoms with van der Waals surface area (Å²) >= 11 is 5.87. The number of rotatable bonds is 4. The summed E-state index contributed by atoms with van der Waals surface area (Å²) in [6, 6.07) is 6.15. The van der Waals surface area contributed by atoms with Crippen LogP contribution >= 0.6 is 11.6 Å². The molecule has 0 aromatic carbocycles. The number of nitrogens with one attached hydrogen (secondary N) is 1. The minimum Gasteiger partial charge on any atom is -0.380 e. The van der Waals surface area contributed by atoms with Gasteiger partial charge < -0.3 is 15.0 Å². The normalized spacial score (nSPS) is 15.2. The van der Waals surface area contributed by atoms with Gasteiger partial charge in [-0.2, -0.15) is 18.3 Å². The van der Waals surface area contributed by atoms with E-state index in [4.69, 9.17) is 16.3 Å². The molecule has 1 N–H and O–H groups in total. The van der Waals surface area contributed by atoms with E-state index in [1.807, 2.05) is 0 Å². The van der Waals surface area contributed by atoms with Crippen molar-refractivity contribution in [1.82, 2.24) is 24.6 Å². The molecule has 12 heteroatoms. The molecule has 3 aromatic rings. The zero-order valence-electron chi connectivity index (χ0n) is 16.2. The predicted octanol–water partition coefficient (Wildman–Crippen LogP) is 3.65. The second-order valence-electron chi connectivity index (χ2n) is 6.94. The highest BCUT2D eigenvalue weighted by Crippen LogP contribution is 2.29. The number of halogens is 4. The number of hydrogen-bond donors (Lipinski definition) is 1. The fourth-order valence-corrected chi connectivity index (χ4v) is 3.44. The van der Waals surface area contributed by atoms with Gasteiger partial charge in [-0.3, -0.25) is 14.5 Å². The van der Waals surface area contributed by atoms with E-state index in [1.54, 1.807) is 23.1 Å². The van der Waals surface area contributed by atoms with Crippen molar-refractivity contribution < 1.29 is 22.7 Å². The van der Waals surface area contributed by atoms with Crippen LogP contribution in [0.4, 0.5) is 24.8 Å². The zero-order valence-corrected chi connectivity index (χ0v) is 16.9. The van der Waals surface area contributed by atoms with Crippen molar-refractivity contribution in [2.45, 2.75) is 19.1 Å². The number of fused-ring (bicyclic) bond motifs is 1. The van der Waals surface area contributed by atoms with E-state index < -0.39 is 12.7 Å². The van der Waals surface area contributed by atoms with Gasteiger partial charge in [0.15, 0.2) is 5.82 Å². The van der Waals surface area contributed by atoms with Crippen molar-refractivity contribution in [3.8, 4) is 0 Å². The minimum absolute atomic E-state index is 0.0464. The molecule has 0 unspecified atom stereocenters. The Bertz CT molecular complexity index is 1100. The van der Waals surface area contributed by atoms with Crippen LogP contribution in [0.2, 0.25) is 5.15 Å². The zero-order chi connectivity index (χ0) is 22.0. The quantitative estimate of drug-likeness (QED) is 0.606. The minimum atomic E-state index is -4.50. The standard InChI is InChI=1S/C19H18ClF3N6O2/c20-15-3-1-4-16(25-15)26-17-12-10-24-13(18(30)28-5-2-7-31-8-6-28)9-14(12)29(27-17)11-19(21,22)23/h1,3-4,9-10H,2,5-8,11H2,(H,25,26,27). The molecule has 31 heavy (non-hydrogen) atoms. The molecule has 164 valence electrons. The number of ether oxygens (including phenoxy) is 1. The van der Waals surface area contributed by atoms with E-state index >= 15 is 0 Å². The Morgan fingerprint density at radius 3 is 2.87 bits per heavy atom. The fraction of sp³-hybridized carbons (Fsp3) is 0.368. The topological polar surface area (TPSA) is 85.2 Å². The first-order valence-corrected chi connectivity index (χ1v) is 9.88. The second-order valence-corrected chi connectivity index (χ2v) is 7.32. The van der Waals surface area contributed by atoms with Gasteiger partial charge in [-0.25, -0.2) is 4.98 Å². The van der Waals surface area contributed by atoms with Crippen LogP contribution in [-0.2, 0) is 11.3 Å². The van der Waals surface area contributed by atoms with Gasteiger partial charge in [0, 0.05) is 25.9 Å². The van der Waals surface area contributed by atoms with Crippen molar-refractivity contribution in [3.63, 3.8) is 0 Å². The highest BCUT2D eigenvalue weighted by Gasteiger charge is 2.30. The molecule has 1 aliphatic rings. The molecule has 0 aliphatic carbocycles. The summed E-state index contributed by atoms with van der Waals surface area (Å²) in [6.07, 6.45) is -2.48. The van der Waals surface area contributed by atoms with Crippen molar-refractivity contribution in [2.24, 2.45) is 0 Å². The maximum absolute atomic E-state index is 13.1. The van der Waals surface area contributed by atoms with Gasteiger partial charge in [-0.1, -0.05) is 17.7 Å².